The zero-order chi connectivity index (χ0) is 16.8. The van der Waals surface area contributed by atoms with Crippen molar-refractivity contribution in [1.29, 1.82) is 0 Å². The van der Waals surface area contributed by atoms with E-state index in [0.717, 1.165) is 11.1 Å². The average molecular weight is 328 g/mol. The first-order chi connectivity index (χ1) is 11.6. The number of carboxylic acid groups (broad SMARTS) is 1. The van der Waals surface area contributed by atoms with Gasteiger partial charge in [-0.05, 0) is 29.8 Å². The monoisotopic (exact) mass is 328 g/mol. The molecule has 6 heteroatoms. The molecule has 1 N–H and O–H groups in total. The van der Waals surface area contributed by atoms with Crippen molar-refractivity contribution >= 4 is 5.97 Å². The van der Waals surface area contributed by atoms with Gasteiger partial charge in [-0.3, -0.25) is 0 Å². The van der Waals surface area contributed by atoms with Gasteiger partial charge in [-0.25, -0.2) is 4.79 Å². The van der Waals surface area contributed by atoms with Crippen molar-refractivity contribution in [2.45, 2.75) is 18.9 Å². The van der Waals surface area contributed by atoms with Crippen LogP contribution in [0.4, 0.5) is 0 Å². The first-order valence-electron chi connectivity index (χ1n) is 7.60. The minimum absolute atomic E-state index is 0.0198. The standard InChI is InChI=1S/C18H16O6/c1-9-12-5-11(18(19)20)7-15(21-2)17(12)24-16(9)10-3-4-13-14(6-10)23-8-22-13/h3-7,9,16H,8H2,1-2H3,(H,19,20). The molecule has 2 aliphatic heterocycles. The van der Waals surface area contributed by atoms with Gasteiger partial charge in [-0.2, -0.15) is 0 Å². The summed E-state index contributed by atoms with van der Waals surface area (Å²) < 4.78 is 22.2. The zero-order valence-corrected chi connectivity index (χ0v) is 13.2. The van der Waals surface area contributed by atoms with Crippen LogP contribution in [0.25, 0.3) is 0 Å². The Morgan fingerprint density at radius 2 is 2.00 bits per heavy atom. The third kappa shape index (κ3) is 2.14. The Kier molecular flexibility index (Phi) is 3.26. The number of hydrogen-bond acceptors (Lipinski definition) is 5. The van der Waals surface area contributed by atoms with Crippen LogP contribution in [0.3, 0.4) is 0 Å². The molecule has 4 rings (SSSR count). The van der Waals surface area contributed by atoms with Gasteiger partial charge in [0.1, 0.15) is 6.10 Å². The second-order valence-corrected chi connectivity index (χ2v) is 5.84. The Bertz CT molecular complexity index is 828. The molecule has 0 bridgehead atoms. The molecule has 2 aromatic rings. The van der Waals surface area contributed by atoms with Gasteiger partial charge in [0, 0.05) is 11.5 Å². The minimum atomic E-state index is -0.991. The number of rotatable bonds is 3. The van der Waals surface area contributed by atoms with Crippen molar-refractivity contribution in [1.82, 2.24) is 0 Å². The lowest BCUT2D eigenvalue weighted by molar-refractivity contribution is 0.0696. The van der Waals surface area contributed by atoms with Crippen LogP contribution in [0.5, 0.6) is 23.0 Å². The number of carbonyl (C=O) groups is 1. The second kappa shape index (κ2) is 5.33. The number of aromatic carboxylic acids is 1. The lowest BCUT2D eigenvalue weighted by Crippen LogP contribution is -2.07. The summed E-state index contributed by atoms with van der Waals surface area (Å²) in [5, 5.41) is 9.28. The lowest BCUT2D eigenvalue weighted by Gasteiger charge is -2.16. The van der Waals surface area contributed by atoms with Crippen LogP contribution in [0.15, 0.2) is 30.3 Å². The molecule has 124 valence electrons. The van der Waals surface area contributed by atoms with Crippen molar-refractivity contribution in [3.8, 4) is 23.0 Å². The Hall–Kier alpha value is -2.89. The predicted molar refractivity (Wildman–Crippen MR) is 84.3 cm³/mol. The summed E-state index contributed by atoms with van der Waals surface area (Å²) >= 11 is 0. The van der Waals surface area contributed by atoms with Gasteiger partial charge in [0.05, 0.1) is 12.7 Å². The highest BCUT2D eigenvalue weighted by molar-refractivity contribution is 5.89. The number of ether oxygens (including phenoxy) is 4. The zero-order valence-electron chi connectivity index (χ0n) is 13.2. The first-order valence-corrected chi connectivity index (χ1v) is 7.60. The molecule has 0 spiro atoms. The molecule has 2 aromatic carbocycles. The fraction of sp³-hybridized carbons (Fsp3) is 0.278. The molecule has 6 nitrogen and oxygen atoms in total. The molecule has 0 saturated heterocycles. The number of hydrogen-bond donors (Lipinski definition) is 1. The second-order valence-electron chi connectivity index (χ2n) is 5.84. The van der Waals surface area contributed by atoms with Crippen molar-refractivity contribution in [2.75, 3.05) is 13.9 Å². The first kappa shape index (κ1) is 14.7. The molecular weight excluding hydrogens is 312 g/mol. The van der Waals surface area contributed by atoms with E-state index in [4.69, 9.17) is 18.9 Å². The Labute approximate surface area is 138 Å². The van der Waals surface area contributed by atoms with E-state index >= 15 is 0 Å². The maximum Gasteiger partial charge on any atom is 0.335 e. The van der Waals surface area contributed by atoms with E-state index in [2.05, 4.69) is 0 Å². The summed E-state index contributed by atoms with van der Waals surface area (Å²) in [5.41, 5.74) is 1.96. The van der Waals surface area contributed by atoms with Gasteiger partial charge in [0.2, 0.25) is 6.79 Å². The summed E-state index contributed by atoms with van der Waals surface area (Å²) in [7, 11) is 1.50. The van der Waals surface area contributed by atoms with Crippen LogP contribution >= 0.6 is 0 Å². The molecule has 0 aromatic heterocycles. The highest BCUT2D eigenvalue weighted by Crippen LogP contribution is 2.51. The molecular formula is C18H16O6. The Morgan fingerprint density at radius 3 is 2.75 bits per heavy atom. The summed E-state index contributed by atoms with van der Waals surface area (Å²) in [5.74, 6) is 1.42. The van der Waals surface area contributed by atoms with E-state index in [9.17, 15) is 9.90 Å². The number of methoxy groups -OCH3 is 1. The molecule has 2 aliphatic rings. The van der Waals surface area contributed by atoms with Gasteiger partial charge >= 0.3 is 5.97 Å². The molecule has 0 amide bonds. The normalized spacial score (nSPS) is 20.4. The SMILES string of the molecule is COc1cc(C(=O)O)cc2c1OC(c1ccc3c(c1)OCO3)C2C. The van der Waals surface area contributed by atoms with Crippen molar-refractivity contribution < 1.29 is 28.8 Å². The van der Waals surface area contributed by atoms with E-state index in [1.54, 1.807) is 6.07 Å². The fourth-order valence-corrected chi connectivity index (χ4v) is 3.20. The van der Waals surface area contributed by atoms with Crippen LogP contribution in [-0.2, 0) is 0 Å². The molecule has 0 aliphatic carbocycles. The van der Waals surface area contributed by atoms with Crippen LogP contribution in [-0.4, -0.2) is 25.0 Å². The fourth-order valence-electron chi connectivity index (χ4n) is 3.20. The van der Waals surface area contributed by atoms with Crippen LogP contribution in [0, 0.1) is 0 Å². The molecule has 0 radical (unpaired) electrons. The highest BCUT2D eigenvalue weighted by Gasteiger charge is 2.36. The van der Waals surface area contributed by atoms with Crippen molar-refractivity contribution in [3.05, 3.63) is 47.0 Å². The average Bonchev–Trinajstić information content (AvgIpc) is 3.18. The molecule has 24 heavy (non-hydrogen) atoms. The quantitative estimate of drug-likeness (QED) is 0.931. The third-order valence-electron chi connectivity index (χ3n) is 4.47. The summed E-state index contributed by atoms with van der Waals surface area (Å²) in [6, 6.07) is 8.83. The highest BCUT2D eigenvalue weighted by atomic mass is 16.7. The van der Waals surface area contributed by atoms with Crippen molar-refractivity contribution in [2.24, 2.45) is 0 Å². The predicted octanol–water partition coefficient (Wildman–Crippen LogP) is 3.36. The van der Waals surface area contributed by atoms with Gasteiger partial charge in [-0.1, -0.05) is 13.0 Å². The summed E-state index contributed by atoms with van der Waals surface area (Å²) in [6.45, 7) is 2.22. The molecule has 2 atom stereocenters. The smallest absolute Gasteiger partial charge is 0.335 e. The van der Waals surface area contributed by atoms with E-state index < -0.39 is 5.97 Å². The lowest BCUT2D eigenvalue weighted by atomic mass is 9.91. The summed E-state index contributed by atoms with van der Waals surface area (Å²) in [6.07, 6.45) is -0.243. The van der Waals surface area contributed by atoms with Crippen LogP contribution in [0.2, 0.25) is 0 Å². The van der Waals surface area contributed by atoms with E-state index in [1.165, 1.54) is 13.2 Å². The molecule has 0 fully saturated rings. The molecule has 0 saturated carbocycles. The number of benzene rings is 2. The van der Waals surface area contributed by atoms with E-state index in [0.29, 0.717) is 23.0 Å². The van der Waals surface area contributed by atoms with Gasteiger partial charge in [0.25, 0.3) is 0 Å². The van der Waals surface area contributed by atoms with Gasteiger partial charge < -0.3 is 24.1 Å². The maximum absolute atomic E-state index is 11.3. The minimum Gasteiger partial charge on any atom is -0.493 e. The summed E-state index contributed by atoms with van der Waals surface area (Å²) in [4.78, 5) is 11.3. The van der Waals surface area contributed by atoms with Crippen LogP contribution < -0.4 is 18.9 Å². The largest absolute Gasteiger partial charge is 0.493 e. The molecule has 2 unspecified atom stereocenters. The third-order valence-corrected chi connectivity index (χ3v) is 4.47. The van der Waals surface area contributed by atoms with Gasteiger partial charge in [0.15, 0.2) is 23.0 Å². The number of fused-ring (bicyclic) bond motifs is 2. The Morgan fingerprint density at radius 1 is 1.21 bits per heavy atom. The van der Waals surface area contributed by atoms with Crippen molar-refractivity contribution in [3.63, 3.8) is 0 Å². The molecule has 2 heterocycles. The van der Waals surface area contributed by atoms with E-state index in [1.807, 2.05) is 25.1 Å². The maximum atomic E-state index is 11.3. The number of carboxylic acids is 1. The van der Waals surface area contributed by atoms with Gasteiger partial charge in [-0.15, -0.1) is 0 Å². The topological polar surface area (TPSA) is 74.2 Å². The Balaban J connectivity index is 1.74. The van der Waals surface area contributed by atoms with E-state index in [-0.39, 0.29) is 24.4 Å². The van der Waals surface area contributed by atoms with Crippen LogP contribution in [0.1, 0.15) is 40.4 Å².